The minimum atomic E-state index is -3.54. The molecule has 0 spiro atoms. The third-order valence-electron chi connectivity index (χ3n) is 2.86. The summed E-state index contributed by atoms with van der Waals surface area (Å²) in [5, 5.41) is 8.68. The van der Waals surface area contributed by atoms with Crippen LogP contribution >= 0.6 is 0 Å². The van der Waals surface area contributed by atoms with Crippen LogP contribution in [-0.2, 0) is 10.0 Å². The molecule has 1 aromatic carbocycles. The van der Waals surface area contributed by atoms with Crippen molar-refractivity contribution in [2.45, 2.75) is 13.3 Å². The van der Waals surface area contributed by atoms with E-state index < -0.39 is 10.0 Å². The van der Waals surface area contributed by atoms with Crippen LogP contribution in [0.1, 0.15) is 18.9 Å². The maximum Gasteiger partial charge on any atom is 0.261 e. The highest BCUT2D eigenvalue weighted by molar-refractivity contribution is 7.96. The third-order valence-corrected chi connectivity index (χ3v) is 4.28. The van der Waals surface area contributed by atoms with Gasteiger partial charge in [-0.3, -0.25) is 4.72 Å². The molecule has 1 unspecified atom stereocenters. The molecule has 1 aliphatic carbocycles. The van der Waals surface area contributed by atoms with E-state index in [4.69, 9.17) is 5.26 Å². The van der Waals surface area contributed by atoms with Crippen molar-refractivity contribution in [2.24, 2.45) is 5.92 Å². The van der Waals surface area contributed by atoms with E-state index in [1.54, 1.807) is 36.4 Å². The smallest absolute Gasteiger partial charge is 0.261 e. The van der Waals surface area contributed by atoms with Gasteiger partial charge in [0, 0.05) is 5.69 Å². The molecule has 2 rings (SSSR count). The monoisotopic (exact) mass is 274 g/mol. The van der Waals surface area contributed by atoms with Gasteiger partial charge in [0.15, 0.2) is 0 Å². The zero-order chi connectivity index (χ0) is 13.9. The van der Waals surface area contributed by atoms with E-state index in [1.807, 2.05) is 19.1 Å². The first-order chi connectivity index (χ1) is 9.01. The zero-order valence-corrected chi connectivity index (χ0v) is 11.3. The predicted octanol–water partition coefficient (Wildman–Crippen LogP) is 2.78. The van der Waals surface area contributed by atoms with Crippen LogP contribution < -0.4 is 4.72 Å². The summed E-state index contributed by atoms with van der Waals surface area (Å²) in [4.78, 5) is 0.287. The number of sulfonamides is 1. The zero-order valence-electron chi connectivity index (χ0n) is 10.5. The van der Waals surface area contributed by atoms with E-state index in [1.165, 1.54) is 0 Å². The Balaban J connectivity index is 2.18. The van der Waals surface area contributed by atoms with Crippen molar-refractivity contribution in [2.75, 3.05) is 4.72 Å². The van der Waals surface area contributed by atoms with Crippen LogP contribution in [0.15, 0.2) is 47.4 Å². The highest BCUT2D eigenvalue weighted by Crippen LogP contribution is 2.22. The summed E-state index contributed by atoms with van der Waals surface area (Å²) in [7, 11) is -3.54. The lowest BCUT2D eigenvalue weighted by molar-refractivity contribution is 0.606. The summed E-state index contributed by atoms with van der Waals surface area (Å²) in [5.74, 6) is 0.369. The highest BCUT2D eigenvalue weighted by Gasteiger charge is 2.17. The Hall–Kier alpha value is -2.06. The summed E-state index contributed by atoms with van der Waals surface area (Å²) < 4.78 is 26.7. The maximum atomic E-state index is 12.1. The van der Waals surface area contributed by atoms with E-state index in [0.717, 1.165) is 6.42 Å². The SMILES string of the molecule is CC1C=CC(S(=O)(=O)Nc2ccc(C#N)cc2)=CC1. The van der Waals surface area contributed by atoms with E-state index in [9.17, 15) is 8.42 Å². The number of nitrogens with one attached hydrogen (secondary N) is 1. The molecule has 98 valence electrons. The number of hydrogen-bond acceptors (Lipinski definition) is 3. The Labute approximate surface area is 113 Å². The molecule has 4 nitrogen and oxygen atoms in total. The molecule has 1 aliphatic rings. The van der Waals surface area contributed by atoms with Gasteiger partial charge in [-0.05, 0) is 42.7 Å². The molecular weight excluding hydrogens is 260 g/mol. The summed E-state index contributed by atoms with van der Waals surface area (Å²) in [6.07, 6.45) is 5.95. The number of nitriles is 1. The van der Waals surface area contributed by atoms with Crippen molar-refractivity contribution in [1.82, 2.24) is 0 Å². The molecule has 1 atom stereocenters. The lowest BCUT2D eigenvalue weighted by atomic mass is 10.0. The van der Waals surface area contributed by atoms with Crippen LogP contribution in [-0.4, -0.2) is 8.42 Å². The van der Waals surface area contributed by atoms with Gasteiger partial charge in [-0.15, -0.1) is 0 Å². The van der Waals surface area contributed by atoms with E-state index in [-0.39, 0.29) is 4.91 Å². The molecule has 0 aliphatic heterocycles. The number of allylic oxidation sites excluding steroid dienone is 3. The maximum absolute atomic E-state index is 12.1. The Morgan fingerprint density at radius 3 is 2.53 bits per heavy atom. The van der Waals surface area contributed by atoms with E-state index >= 15 is 0 Å². The van der Waals surface area contributed by atoms with Gasteiger partial charge in [-0.25, -0.2) is 8.42 Å². The standard InChI is InChI=1S/C14H14N2O2S/c1-11-2-8-14(9-3-11)19(17,18)16-13-6-4-12(10-15)5-7-13/h2,4-9,11,16H,3H2,1H3. The molecule has 1 aromatic rings. The second-order valence-corrected chi connectivity index (χ2v) is 6.16. The van der Waals surface area contributed by atoms with Crippen molar-refractivity contribution < 1.29 is 8.42 Å². The van der Waals surface area contributed by atoms with Gasteiger partial charge in [-0.2, -0.15) is 5.26 Å². The van der Waals surface area contributed by atoms with Crippen LogP contribution in [0.4, 0.5) is 5.69 Å². The fraction of sp³-hybridized carbons (Fsp3) is 0.214. The quantitative estimate of drug-likeness (QED) is 0.921. The molecule has 0 heterocycles. The van der Waals surface area contributed by atoms with Crippen molar-refractivity contribution in [3.8, 4) is 6.07 Å². The first-order valence-electron chi connectivity index (χ1n) is 5.92. The van der Waals surface area contributed by atoms with Crippen molar-refractivity contribution in [3.05, 3.63) is 53.0 Å². The summed E-state index contributed by atoms with van der Waals surface area (Å²) in [6.45, 7) is 2.03. The van der Waals surface area contributed by atoms with E-state index in [0.29, 0.717) is 17.2 Å². The van der Waals surface area contributed by atoms with Crippen LogP contribution in [0.3, 0.4) is 0 Å². The largest absolute Gasteiger partial charge is 0.280 e. The van der Waals surface area contributed by atoms with Gasteiger partial charge >= 0.3 is 0 Å². The number of benzene rings is 1. The van der Waals surface area contributed by atoms with Gasteiger partial charge in [0.05, 0.1) is 16.5 Å². The van der Waals surface area contributed by atoms with Crippen LogP contribution in [0.25, 0.3) is 0 Å². The molecule has 0 amide bonds. The number of anilines is 1. The molecule has 1 N–H and O–H groups in total. The molecule has 0 fully saturated rings. The number of rotatable bonds is 3. The van der Waals surface area contributed by atoms with Crippen LogP contribution in [0.5, 0.6) is 0 Å². The fourth-order valence-electron chi connectivity index (χ4n) is 1.73. The number of nitrogens with zero attached hydrogens (tertiary/aromatic N) is 1. The molecule has 0 aromatic heterocycles. The minimum absolute atomic E-state index is 0.287. The molecule has 19 heavy (non-hydrogen) atoms. The van der Waals surface area contributed by atoms with E-state index in [2.05, 4.69) is 4.72 Å². The first kappa shape index (κ1) is 13.4. The normalized spacial score (nSPS) is 18.5. The molecule has 0 saturated heterocycles. The molecule has 0 saturated carbocycles. The third kappa shape index (κ3) is 3.24. The second-order valence-electron chi connectivity index (χ2n) is 4.47. The molecule has 0 radical (unpaired) electrons. The Kier molecular flexibility index (Phi) is 3.72. The second kappa shape index (κ2) is 5.29. The topological polar surface area (TPSA) is 70.0 Å². The summed E-state index contributed by atoms with van der Waals surface area (Å²) in [6, 6.07) is 8.28. The first-order valence-corrected chi connectivity index (χ1v) is 7.41. The average Bonchev–Trinajstić information content (AvgIpc) is 2.40. The minimum Gasteiger partial charge on any atom is -0.280 e. The van der Waals surface area contributed by atoms with Gasteiger partial charge in [0.1, 0.15) is 0 Å². The molecular formula is C14H14N2O2S. The fourth-order valence-corrected chi connectivity index (χ4v) is 2.87. The van der Waals surface area contributed by atoms with Crippen molar-refractivity contribution in [3.63, 3.8) is 0 Å². The average molecular weight is 274 g/mol. The lowest BCUT2D eigenvalue weighted by Crippen LogP contribution is -2.15. The highest BCUT2D eigenvalue weighted by atomic mass is 32.2. The van der Waals surface area contributed by atoms with Crippen LogP contribution in [0.2, 0.25) is 0 Å². The van der Waals surface area contributed by atoms with Gasteiger partial charge in [-0.1, -0.05) is 19.1 Å². The number of hydrogen-bond donors (Lipinski definition) is 1. The summed E-state index contributed by atoms with van der Waals surface area (Å²) in [5.41, 5.74) is 0.945. The van der Waals surface area contributed by atoms with Crippen molar-refractivity contribution in [1.29, 1.82) is 5.26 Å². The van der Waals surface area contributed by atoms with Gasteiger partial charge < -0.3 is 0 Å². The molecule has 5 heteroatoms. The van der Waals surface area contributed by atoms with Crippen molar-refractivity contribution >= 4 is 15.7 Å². The Morgan fingerprint density at radius 1 is 1.32 bits per heavy atom. The van der Waals surface area contributed by atoms with Gasteiger partial charge in [0.2, 0.25) is 0 Å². The van der Waals surface area contributed by atoms with Gasteiger partial charge in [0.25, 0.3) is 10.0 Å². The lowest BCUT2D eigenvalue weighted by Gasteiger charge is -2.13. The Morgan fingerprint density at radius 2 is 2.00 bits per heavy atom. The molecule has 0 bridgehead atoms. The predicted molar refractivity (Wildman–Crippen MR) is 74.7 cm³/mol. The van der Waals surface area contributed by atoms with Crippen LogP contribution in [0, 0.1) is 17.2 Å². The summed E-state index contributed by atoms with van der Waals surface area (Å²) >= 11 is 0. The Bertz CT molecular complexity index is 664.